The lowest BCUT2D eigenvalue weighted by Gasteiger charge is -2.20. The van der Waals surface area contributed by atoms with Gasteiger partial charge in [-0.1, -0.05) is 6.07 Å². The number of nitrogens with two attached hydrogens (primary N) is 1. The standard InChI is InChI=1S/C10H12F3N3O2S/c11-10(12,13)6-15-19(17,18)16-4-3-7-1-2-8(14)5-9(7)16/h1-2,5,15H,3-4,6,14H2. The molecule has 0 saturated carbocycles. The van der Waals surface area contributed by atoms with Gasteiger partial charge in [0.15, 0.2) is 0 Å². The third-order valence-electron chi connectivity index (χ3n) is 2.71. The fraction of sp³-hybridized carbons (Fsp3) is 0.400. The van der Waals surface area contributed by atoms with Crippen LogP contribution in [0, 0.1) is 0 Å². The van der Waals surface area contributed by atoms with Crippen molar-refractivity contribution in [3.63, 3.8) is 0 Å². The van der Waals surface area contributed by atoms with Gasteiger partial charge in [0.2, 0.25) is 0 Å². The lowest BCUT2D eigenvalue weighted by atomic mass is 10.1. The highest BCUT2D eigenvalue weighted by Gasteiger charge is 2.34. The van der Waals surface area contributed by atoms with E-state index in [4.69, 9.17) is 5.73 Å². The van der Waals surface area contributed by atoms with Crippen LogP contribution in [0.15, 0.2) is 18.2 Å². The summed E-state index contributed by atoms with van der Waals surface area (Å²) in [7, 11) is -4.22. The summed E-state index contributed by atoms with van der Waals surface area (Å²) in [4.78, 5) is 0. The predicted molar refractivity (Wildman–Crippen MR) is 64.9 cm³/mol. The molecule has 0 fully saturated rings. The summed E-state index contributed by atoms with van der Waals surface area (Å²) < 4.78 is 62.3. The Morgan fingerprint density at radius 2 is 2.05 bits per heavy atom. The van der Waals surface area contributed by atoms with Crippen LogP contribution in [0.25, 0.3) is 0 Å². The molecular formula is C10H12F3N3O2S. The first kappa shape index (κ1) is 13.9. The average molecular weight is 295 g/mol. The summed E-state index contributed by atoms with van der Waals surface area (Å²) in [5.41, 5.74) is 6.99. The third-order valence-corrected chi connectivity index (χ3v) is 4.18. The first-order valence-corrected chi connectivity index (χ1v) is 6.85. The number of nitrogen functional groups attached to an aromatic ring is 1. The molecule has 0 unspecified atom stereocenters. The Bertz CT molecular complexity index is 586. The summed E-state index contributed by atoms with van der Waals surface area (Å²) >= 11 is 0. The van der Waals surface area contributed by atoms with Crippen LogP contribution in [0.4, 0.5) is 24.5 Å². The maximum Gasteiger partial charge on any atom is 0.402 e. The summed E-state index contributed by atoms with van der Waals surface area (Å²) in [5.74, 6) is 0. The number of rotatable bonds is 3. The minimum Gasteiger partial charge on any atom is -0.399 e. The molecule has 0 aliphatic carbocycles. The molecule has 0 bridgehead atoms. The van der Waals surface area contributed by atoms with Crippen molar-refractivity contribution >= 4 is 21.6 Å². The zero-order chi connectivity index (χ0) is 14.3. The maximum absolute atomic E-state index is 12.1. The molecule has 1 aromatic rings. The van der Waals surface area contributed by atoms with Crippen molar-refractivity contribution in [1.82, 2.24) is 4.72 Å². The van der Waals surface area contributed by atoms with Gasteiger partial charge in [0, 0.05) is 12.2 Å². The van der Waals surface area contributed by atoms with Gasteiger partial charge in [-0.05, 0) is 24.1 Å². The Balaban J connectivity index is 2.23. The molecule has 0 spiro atoms. The SMILES string of the molecule is Nc1ccc2c(c1)N(S(=O)(=O)NCC(F)(F)F)CC2. The molecule has 106 valence electrons. The van der Waals surface area contributed by atoms with E-state index in [1.807, 2.05) is 0 Å². The van der Waals surface area contributed by atoms with Gasteiger partial charge in [0.1, 0.15) is 6.54 Å². The molecule has 1 aliphatic heterocycles. The Labute approximate surface area is 108 Å². The lowest BCUT2D eigenvalue weighted by Crippen LogP contribution is -2.43. The smallest absolute Gasteiger partial charge is 0.399 e. The van der Waals surface area contributed by atoms with Crippen LogP contribution in [0.5, 0.6) is 0 Å². The van der Waals surface area contributed by atoms with Crippen molar-refractivity contribution in [3.05, 3.63) is 23.8 Å². The van der Waals surface area contributed by atoms with Crippen molar-refractivity contribution in [1.29, 1.82) is 0 Å². The quantitative estimate of drug-likeness (QED) is 0.818. The normalized spacial score (nSPS) is 15.6. The van der Waals surface area contributed by atoms with Gasteiger partial charge in [-0.2, -0.15) is 26.3 Å². The molecular weight excluding hydrogens is 283 g/mol. The number of nitrogens with one attached hydrogen (secondary N) is 1. The van der Waals surface area contributed by atoms with Gasteiger partial charge in [-0.15, -0.1) is 0 Å². The molecule has 2 rings (SSSR count). The van der Waals surface area contributed by atoms with Gasteiger partial charge in [0.05, 0.1) is 5.69 Å². The minimum atomic E-state index is -4.59. The van der Waals surface area contributed by atoms with Crippen LogP contribution in [-0.2, 0) is 16.6 Å². The van der Waals surface area contributed by atoms with Crippen LogP contribution < -0.4 is 14.8 Å². The fourth-order valence-electron chi connectivity index (χ4n) is 1.87. The number of hydrogen-bond donors (Lipinski definition) is 2. The molecule has 0 radical (unpaired) electrons. The number of halogens is 3. The highest BCUT2D eigenvalue weighted by molar-refractivity contribution is 7.90. The molecule has 1 aliphatic rings. The minimum absolute atomic E-state index is 0.103. The van der Waals surface area contributed by atoms with Crippen LogP contribution in [0.2, 0.25) is 0 Å². The van der Waals surface area contributed by atoms with Gasteiger partial charge in [-0.3, -0.25) is 4.31 Å². The van der Waals surface area contributed by atoms with Crippen molar-refractivity contribution < 1.29 is 21.6 Å². The third kappa shape index (κ3) is 3.10. The van der Waals surface area contributed by atoms with E-state index in [9.17, 15) is 21.6 Å². The molecule has 5 nitrogen and oxygen atoms in total. The van der Waals surface area contributed by atoms with Gasteiger partial charge in [-0.25, -0.2) is 0 Å². The molecule has 9 heteroatoms. The zero-order valence-electron chi connectivity index (χ0n) is 9.74. The Morgan fingerprint density at radius 3 is 2.68 bits per heavy atom. The second kappa shape index (κ2) is 4.57. The maximum atomic E-state index is 12.1. The number of benzene rings is 1. The fourth-order valence-corrected chi connectivity index (χ4v) is 3.13. The van der Waals surface area contributed by atoms with Crippen molar-refractivity contribution in [2.45, 2.75) is 12.6 Å². The van der Waals surface area contributed by atoms with Crippen LogP contribution >= 0.6 is 0 Å². The molecule has 0 atom stereocenters. The molecule has 1 heterocycles. The molecule has 1 aromatic carbocycles. The van der Waals surface area contributed by atoms with E-state index in [1.165, 1.54) is 10.8 Å². The van der Waals surface area contributed by atoms with E-state index in [1.54, 1.807) is 12.1 Å². The van der Waals surface area contributed by atoms with Crippen LogP contribution in [0.1, 0.15) is 5.56 Å². The van der Waals surface area contributed by atoms with E-state index >= 15 is 0 Å². The van der Waals surface area contributed by atoms with E-state index < -0.39 is 22.9 Å². The second-order valence-corrected chi connectivity index (χ2v) is 5.83. The Hall–Kier alpha value is -1.48. The first-order valence-electron chi connectivity index (χ1n) is 5.41. The first-order chi connectivity index (χ1) is 8.69. The number of nitrogens with zero attached hydrogens (tertiary/aromatic N) is 1. The van der Waals surface area contributed by atoms with Crippen molar-refractivity contribution in [2.75, 3.05) is 23.1 Å². The van der Waals surface area contributed by atoms with Gasteiger partial charge >= 0.3 is 16.4 Å². The molecule has 0 amide bonds. The molecule has 0 saturated heterocycles. The summed E-state index contributed by atoms with van der Waals surface area (Å²) in [6.45, 7) is -1.49. The summed E-state index contributed by atoms with van der Waals surface area (Å²) in [6.07, 6.45) is -4.14. The average Bonchev–Trinajstić information content (AvgIpc) is 2.69. The van der Waals surface area contributed by atoms with Crippen LogP contribution in [-0.4, -0.2) is 27.7 Å². The molecule has 3 N–H and O–H groups in total. The Morgan fingerprint density at radius 1 is 1.37 bits per heavy atom. The number of fused-ring (bicyclic) bond motifs is 1. The molecule has 19 heavy (non-hydrogen) atoms. The molecule has 0 aromatic heterocycles. The van der Waals surface area contributed by atoms with E-state index in [-0.39, 0.29) is 6.54 Å². The topological polar surface area (TPSA) is 75.4 Å². The van der Waals surface area contributed by atoms with Crippen molar-refractivity contribution in [3.8, 4) is 0 Å². The summed E-state index contributed by atoms with van der Waals surface area (Å²) in [6, 6.07) is 4.73. The Kier molecular flexibility index (Phi) is 3.35. The van der Waals surface area contributed by atoms with Crippen LogP contribution in [0.3, 0.4) is 0 Å². The van der Waals surface area contributed by atoms with Gasteiger partial charge in [0.25, 0.3) is 0 Å². The zero-order valence-corrected chi connectivity index (χ0v) is 10.6. The predicted octanol–water partition coefficient (Wildman–Crippen LogP) is 1.03. The number of hydrogen-bond acceptors (Lipinski definition) is 3. The highest BCUT2D eigenvalue weighted by Crippen LogP contribution is 2.31. The number of alkyl halides is 3. The van der Waals surface area contributed by atoms with E-state index in [2.05, 4.69) is 0 Å². The highest BCUT2D eigenvalue weighted by atomic mass is 32.2. The van der Waals surface area contributed by atoms with E-state index in [0.29, 0.717) is 17.8 Å². The monoisotopic (exact) mass is 295 g/mol. The van der Waals surface area contributed by atoms with Crippen molar-refractivity contribution in [2.24, 2.45) is 0 Å². The lowest BCUT2D eigenvalue weighted by molar-refractivity contribution is -0.121. The van der Waals surface area contributed by atoms with Gasteiger partial charge < -0.3 is 5.73 Å². The summed E-state index contributed by atoms with van der Waals surface area (Å²) in [5, 5.41) is 0. The van der Waals surface area contributed by atoms with E-state index in [0.717, 1.165) is 9.87 Å². The number of anilines is 2. The largest absolute Gasteiger partial charge is 0.402 e. The second-order valence-electron chi connectivity index (χ2n) is 4.15.